The van der Waals surface area contributed by atoms with E-state index in [9.17, 15) is 8.42 Å². The molecule has 0 spiro atoms. The molecular weight excluding hydrogens is 515 g/mol. The molecule has 3 aromatic rings. The smallest absolute Gasteiger partial charge is 0.215 e. The lowest BCUT2D eigenvalue weighted by Gasteiger charge is -2.29. The summed E-state index contributed by atoms with van der Waals surface area (Å²) in [4.78, 5) is 2.06. The number of sulfone groups is 1. The summed E-state index contributed by atoms with van der Waals surface area (Å²) in [5, 5.41) is 8.67. The molecule has 2 aliphatic rings. The number of rotatable bonds is 7. The van der Waals surface area contributed by atoms with Crippen molar-refractivity contribution in [1.82, 2.24) is 14.8 Å². The lowest BCUT2D eigenvalue weighted by atomic mass is 10.1. The van der Waals surface area contributed by atoms with Gasteiger partial charge in [0.1, 0.15) is 31.1 Å². The van der Waals surface area contributed by atoms with Crippen LogP contribution in [0, 0.1) is 0 Å². The SMILES string of the molecule is O=S1(=O)CCN(c2ccc(OC[C@@H]3CO[C@@](Cn4cnnc4)(c4ccc(Cl)cc4Cl)O3)cc2)CC1. The molecule has 0 aliphatic carbocycles. The van der Waals surface area contributed by atoms with Crippen LogP contribution < -0.4 is 9.64 Å². The fraction of sp³-hybridized carbons (Fsp3) is 0.391. The lowest BCUT2D eigenvalue weighted by molar-refractivity contribution is -0.189. The third kappa shape index (κ3) is 5.57. The zero-order valence-corrected chi connectivity index (χ0v) is 21.0. The van der Waals surface area contributed by atoms with Crippen molar-refractivity contribution in [2.75, 3.05) is 42.7 Å². The van der Waals surface area contributed by atoms with E-state index < -0.39 is 15.6 Å². The Kier molecular flexibility index (Phi) is 6.91. The Bertz CT molecular complexity index is 1260. The zero-order chi connectivity index (χ0) is 24.5. The van der Waals surface area contributed by atoms with Gasteiger partial charge in [0.15, 0.2) is 9.84 Å². The van der Waals surface area contributed by atoms with Crippen LogP contribution in [-0.4, -0.2) is 67.1 Å². The van der Waals surface area contributed by atoms with Gasteiger partial charge < -0.3 is 23.7 Å². The number of nitrogens with zero attached hydrogens (tertiary/aromatic N) is 4. The van der Waals surface area contributed by atoms with E-state index in [2.05, 4.69) is 15.1 Å². The van der Waals surface area contributed by atoms with Crippen molar-refractivity contribution in [2.45, 2.75) is 18.4 Å². The fourth-order valence-electron chi connectivity index (χ4n) is 4.21. The van der Waals surface area contributed by atoms with E-state index in [4.69, 9.17) is 37.4 Å². The standard InChI is InChI=1S/C23H24Cl2N4O5S/c24-17-1-6-21(22(25)11-17)23(14-28-15-26-27-16-28)33-13-20(34-23)12-32-19-4-2-18(3-5-19)29-7-9-35(30,31)10-8-29/h1-6,11,15-16,20H,7-10,12-14H2/t20-,23-/m1/s1. The molecule has 0 radical (unpaired) electrons. The van der Waals surface area contributed by atoms with Crippen LogP contribution in [0.25, 0.3) is 0 Å². The minimum Gasteiger partial charge on any atom is -0.491 e. The molecular formula is C23H24Cl2N4O5S. The van der Waals surface area contributed by atoms with E-state index in [0.29, 0.717) is 47.6 Å². The first-order chi connectivity index (χ1) is 16.8. The predicted octanol–water partition coefficient (Wildman–Crippen LogP) is 3.17. The highest BCUT2D eigenvalue weighted by atomic mass is 35.5. The minimum atomic E-state index is -2.92. The highest BCUT2D eigenvalue weighted by Crippen LogP contribution is 2.40. The summed E-state index contributed by atoms with van der Waals surface area (Å²) in [5.41, 5.74) is 1.63. The second kappa shape index (κ2) is 9.94. The Morgan fingerprint density at radius 2 is 1.77 bits per heavy atom. The third-order valence-electron chi connectivity index (χ3n) is 6.04. The van der Waals surface area contributed by atoms with Crippen molar-refractivity contribution in [3.8, 4) is 5.75 Å². The largest absolute Gasteiger partial charge is 0.491 e. The molecule has 2 aromatic carbocycles. The first-order valence-corrected chi connectivity index (χ1v) is 13.7. The summed E-state index contributed by atoms with van der Waals surface area (Å²) in [5.74, 6) is -0.100. The summed E-state index contributed by atoms with van der Waals surface area (Å²) >= 11 is 12.6. The maximum Gasteiger partial charge on any atom is 0.215 e. The maximum absolute atomic E-state index is 11.7. The number of aromatic nitrogens is 3. The highest BCUT2D eigenvalue weighted by molar-refractivity contribution is 7.91. The molecule has 1 aromatic heterocycles. The summed E-state index contributed by atoms with van der Waals surface area (Å²) in [7, 11) is -2.92. The predicted molar refractivity (Wildman–Crippen MR) is 132 cm³/mol. The van der Waals surface area contributed by atoms with Crippen LogP contribution in [0.1, 0.15) is 5.56 Å². The van der Waals surface area contributed by atoms with Gasteiger partial charge in [-0.15, -0.1) is 10.2 Å². The zero-order valence-electron chi connectivity index (χ0n) is 18.7. The van der Waals surface area contributed by atoms with Crippen LogP contribution >= 0.6 is 23.2 Å². The molecule has 9 nitrogen and oxygen atoms in total. The van der Waals surface area contributed by atoms with Gasteiger partial charge in [0, 0.05) is 29.4 Å². The maximum atomic E-state index is 11.7. The summed E-state index contributed by atoms with van der Waals surface area (Å²) in [6.07, 6.45) is 2.83. The van der Waals surface area contributed by atoms with Gasteiger partial charge in [-0.1, -0.05) is 29.3 Å². The summed E-state index contributed by atoms with van der Waals surface area (Å²) in [6.45, 7) is 1.88. The first-order valence-electron chi connectivity index (χ1n) is 11.1. The number of benzene rings is 2. The van der Waals surface area contributed by atoms with E-state index in [1.54, 1.807) is 35.4 Å². The molecule has 2 saturated heterocycles. The average Bonchev–Trinajstić information content (AvgIpc) is 3.49. The van der Waals surface area contributed by atoms with E-state index >= 15 is 0 Å². The highest BCUT2D eigenvalue weighted by Gasteiger charge is 2.45. The quantitative estimate of drug-likeness (QED) is 0.452. The van der Waals surface area contributed by atoms with Gasteiger partial charge >= 0.3 is 0 Å². The third-order valence-corrected chi connectivity index (χ3v) is 8.20. The lowest BCUT2D eigenvalue weighted by Crippen LogP contribution is -2.40. The van der Waals surface area contributed by atoms with Gasteiger partial charge in [0.2, 0.25) is 5.79 Å². The summed E-state index contributed by atoms with van der Waals surface area (Å²) in [6, 6.07) is 12.8. The van der Waals surface area contributed by atoms with Crippen molar-refractivity contribution >= 4 is 38.7 Å². The second-order valence-electron chi connectivity index (χ2n) is 8.51. The fourth-order valence-corrected chi connectivity index (χ4v) is 5.97. The molecule has 0 saturated carbocycles. The Labute approximate surface area is 213 Å². The van der Waals surface area contributed by atoms with Crippen molar-refractivity contribution in [1.29, 1.82) is 0 Å². The van der Waals surface area contributed by atoms with Crippen molar-refractivity contribution in [3.05, 3.63) is 70.7 Å². The van der Waals surface area contributed by atoms with Crippen LogP contribution in [0.3, 0.4) is 0 Å². The minimum absolute atomic E-state index is 0.179. The van der Waals surface area contributed by atoms with Crippen molar-refractivity contribution < 1.29 is 22.6 Å². The summed E-state index contributed by atoms with van der Waals surface area (Å²) < 4.78 is 43.6. The van der Waals surface area contributed by atoms with Crippen LogP contribution in [0.2, 0.25) is 10.0 Å². The average molecular weight is 539 g/mol. The van der Waals surface area contributed by atoms with Crippen molar-refractivity contribution in [3.63, 3.8) is 0 Å². The number of hydrogen-bond donors (Lipinski definition) is 0. The van der Waals surface area contributed by atoms with Gasteiger partial charge in [-0.3, -0.25) is 0 Å². The van der Waals surface area contributed by atoms with Gasteiger partial charge in [0.05, 0.1) is 29.7 Å². The number of hydrogen-bond acceptors (Lipinski definition) is 8. The Morgan fingerprint density at radius 3 is 2.46 bits per heavy atom. The number of ether oxygens (including phenoxy) is 3. The van der Waals surface area contributed by atoms with Crippen LogP contribution in [0.15, 0.2) is 55.1 Å². The molecule has 5 rings (SSSR count). The monoisotopic (exact) mass is 538 g/mol. The molecule has 3 heterocycles. The van der Waals surface area contributed by atoms with Crippen LogP contribution in [0.5, 0.6) is 5.75 Å². The Morgan fingerprint density at radius 1 is 1.06 bits per heavy atom. The van der Waals surface area contributed by atoms with Crippen molar-refractivity contribution in [2.24, 2.45) is 0 Å². The van der Waals surface area contributed by atoms with Crippen LogP contribution in [-0.2, 0) is 31.6 Å². The molecule has 2 fully saturated rings. The van der Waals surface area contributed by atoms with E-state index in [0.717, 1.165) is 5.69 Å². The van der Waals surface area contributed by atoms with Crippen LogP contribution in [0.4, 0.5) is 5.69 Å². The molecule has 0 unspecified atom stereocenters. The molecule has 186 valence electrons. The van der Waals surface area contributed by atoms with E-state index in [1.165, 1.54) is 0 Å². The second-order valence-corrected chi connectivity index (χ2v) is 11.7. The molecule has 12 heteroatoms. The molecule has 0 N–H and O–H groups in total. The van der Waals surface area contributed by atoms with Gasteiger partial charge in [-0.05, 0) is 36.4 Å². The number of anilines is 1. The van der Waals surface area contributed by atoms with Gasteiger partial charge in [-0.25, -0.2) is 8.42 Å². The van der Waals surface area contributed by atoms with Gasteiger partial charge in [0.25, 0.3) is 0 Å². The van der Waals surface area contributed by atoms with Gasteiger partial charge in [-0.2, -0.15) is 0 Å². The molecule has 2 aliphatic heterocycles. The normalized spacial score (nSPS) is 23.9. The van der Waals surface area contributed by atoms with E-state index in [-0.39, 0.29) is 24.2 Å². The molecule has 0 bridgehead atoms. The topological polar surface area (TPSA) is 95.8 Å². The number of halogens is 2. The molecule has 35 heavy (non-hydrogen) atoms. The first kappa shape index (κ1) is 24.3. The molecule has 2 atom stereocenters. The van der Waals surface area contributed by atoms with E-state index in [1.807, 2.05) is 24.3 Å². The molecule has 0 amide bonds. The Hall–Kier alpha value is -2.37. The Balaban J connectivity index is 1.24.